The number of benzene rings is 2. The Bertz CT molecular complexity index is 854. The van der Waals surface area contributed by atoms with E-state index in [1.54, 1.807) is 25.1 Å². The summed E-state index contributed by atoms with van der Waals surface area (Å²) in [5, 5.41) is 2.18. The molecule has 0 aromatic heterocycles. The Morgan fingerprint density at radius 3 is 2.17 bits per heavy atom. The van der Waals surface area contributed by atoms with Gasteiger partial charge in [0.05, 0.1) is 13.2 Å². The SMILES string of the molecule is CCOc1ccc(C(=O)N(CC)CC(=O)Nc2c(F)cccc2F)cc1OCC. The van der Waals surface area contributed by atoms with E-state index in [-0.39, 0.29) is 13.1 Å². The lowest BCUT2D eigenvalue weighted by Crippen LogP contribution is -2.38. The summed E-state index contributed by atoms with van der Waals surface area (Å²) in [5.74, 6) is -1.96. The van der Waals surface area contributed by atoms with Crippen molar-refractivity contribution in [2.24, 2.45) is 0 Å². The maximum atomic E-state index is 13.7. The summed E-state index contributed by atoms with van der Waals surface area (Å²) in [6.45, 7) is 6.06. The average molecular weight is 406 g/mol. The van der Waals surface area contributed by atoms with Gasteiger partial charge >= 0.3 is 0 Å². The normalized spacial score (nSPS) is 10.4. The number of anilines is 1. The van der Waals surface area contributed by atoms with E-state index < -0.39 is 29.1 Å². The second kappa shape index (κ2) is 10.4. The van der Waals surface area contributed by atoms with Gasteiger partial charge in [-0.1, -0.05) is 6.07 Å². The smallest absolute Gasteiger partial charge is 0.254 e. The van der Waals surface area contributed by atoms with Crippen molar-refractivity contribution in [1.29, 1.82) is 0 Å². The third kappa shape index (κ3) is 5.66. The quantitative estimate of drug-likeness (QED) is 0.687. The zero-order valence-electron chi connectivity index (χ0n) is 16.6. The van der Waals surface area contributed by atoms with Gasteiger partial charge in [0, 0.05) is 12.1 Å². The van der Waals surface area contributed by atoms with E-state index in [4.69, 9.17) is 9.47 Å². The molecule has 2 amide bonds. The molecule has 8 heteroatoms. The first-order valence-corrected chi connectivity index (χ1v) is 9.33. The van der Waals surface area contributed by atoms with Gasteiger partial charge < -0.3 is 19.7 Å². The first kappa shape index (κ1) is 22.1. The summed E-state index contributed by atoms with van der Waals surface area (Å²) in [4.78, 5) is 26.3. The summed E-state index contributed by atoms with van der Waals surface area (Å²) in [6.07, 6.45) is 0. The van der Waals surface area contributed by atoms with E-state index >= 15 is 0 Å². The van der Waals surface area contributed by atoms with Crippen molar-refractivity contribution in [3.05, 3.63) is 53.6 Å². The van der Waals surface area contributed by atoms with Crippen LogP contribution < -0.4 is 14.8 Å². The molecule has 29 heavy (non-hydrogen) atoms. The second-order valence-electron chi connectivity index (χ2n) is 5.99. The molecule has 0 saturated carbocycles. The Labute approximate surface area is 168 Å². The number of ether oxygens (including phenoxy) is 2. The molecule has 0 heterocycles. The fourth-order valence-electron chi connectivity index (χ4n) is 2.66. The number of para-hydroxylation sites is 1. The molecule has 6 nitrogen and oxygen atoms in total. The van der Waals surface area contributed by atoms with Crippen LogP contribution in [0, 0.1) is 11.6 Å². The van der Waals surface area contributed by atoms with Gasteiger partial charge in [-0.2, -0.15) is 0 Å². The number of carbonyl (C=O) groups is 2. The van der Waals surface area contributed by atoms with Crippen molar-refractivity contribution in [2.75, 3.05) is 31.6 Å². The van der Waals surface area contributed by atoms with E-state index in [2.05, 4.69) is 5.32 Å². The minimum absolute atomic E-state index is 0.225. The number of halogens is 2. The molecule has 0 spiro atoms. The van der Waals surface area contributed by atoms with Gasteiger partial charge in [0.15, 0.2) is 11.5 Å². The highest BCUT2D eigenvalue weighted by Gasteiger charge is 2.21. The molecule has 2 aromatic carbocycles. The van der Waals surface area contributed by atoms with Crippen molar-refractivity contribution in [2.45, 2.75) is 20.8 Å². The zero-order valence-corrected chi connectivity index (χ0v) is 16.6. The van der Waals surface area contributed by atoms with E-state index in [0.717, 1.165) is 12.1 Å². The third-order valence-corrected chi connectivity index (χ3v) is 4.02. The van der Waals surface area contributed by atoms with Crippen molar-refractivity contribution < 1.29 is 27.8 Å². The molecule has 0 atom stereocenters. The standard InChI is InChI=1S/C21H24F2N2O4/c1-4-25(13-19(26)24-20-15(22)8-7-9-16(20)23)21(27)14-10-11-17(28-5-2)18(12-14)29-6-3/h7-12H,4-6,13H2,1-3H3,(H,24,26). The maximum absolute atomic E-state index is 13.7. The van der Waals surface area contributed by atoms with E-state index in [9.17, 15) is 18.4 Å². The number of nitrogens with one attached hydrogen (secondary N) is 1. The number of hydrogen-bond acceptors (Lipinski definition) is 4. The highest BCUT2D eigenvalue weighted by atomic mass is 19.1. The van der Waals surface area contributed by atoms with Crippen LogP contribution in [0.1, 0.15) is 31.1 Å². The molecule has 0 fully saturated rings. The number of rotatable bonds is 9. The molecule has 0 aliphatic heterocycles. The Kier molecular flexibility index (Phi) is 7.94. The number of amides is 2. The fraction of sp³-hybridized carbons (Fsp3) is 0.333. The van der Waals surface area contributed by atoms with Gasteiger partial charge in [-0.05, 0) is 51.1 Å². The molecule has 0 bridgehead atoms. The van der Waals surface area contributed by atoms with Gasteiger partial charge in [-0.3, -0.25) is 9.59 Å². The average Bonchev–Trinajstić information content (AvgIpc) is 2.70. The Morgan fingerprint density at radius 1 is 0.966 bits per heavy atom. The molecule has 0 aliphatic carbocycles. The van der Waals surface area contributed by atoms with Gasteiger partial charge in [-0.25, -0.2) is 8.78 Å². The third-order valence-electron chi connectivity index (χ3n) is 4.02. The summed E-state index contributed by atoms with van der Waals surface area (Å²) in [6, 6.07) is 8.03. The van der Waals surface area contributed by atoms with E-state index in [1.807, 2.05) is 13.8 Å². The van der Waals surface area contributed by atoms with Crippen LogP contribution in [-0.2, 0) is 4.79 Å². The van der Waals surface area contributed by atoms with Crippen LogP contribution in [-0.4, -0.2) is 43.0 Å². The summed E-state index contributed by atoms with van der Waals surface area (Å²) in [7, 11) is 0. The summed E-state index contributed by atoms with van der Waals surface area (Å²) >= 11 is 0. The van der Waals surface area contributed by atoms with Crippen molar-refractivity contribution in [1.82, 2.24) is 4.90 Å². The summed E-state index contributed by atoms with van der Waals surface area (Å²) in [5.41, 5.74) is -0.232. The van der Waals surface area contributed by atoms with Gasteiger partial charge in [0.2, 0.25) is 5.91 Å². The maximum Gasteiger partial charge on any atom is 0.254 e. The van der Waals surface area contributed by atoms with Crippen LogP contribution >= 0.6 is 0 Å². The molecule has 0 aliphatic rings. The molecule has 0 unspecified atom stereocenters. The molecular weight excluding hydrogens is 382 g/mol. The lowest BCUT2D eigenvalue weighted by atomic mass is 10.1. The van der Waals surface area contributed by atoms with Crippen LogP contribution in [0.5, 0.6) is 11.5 Å². The molecule has 0 radical (unpaired) electrons. The highest BCUT2D eigenvalue weighted by molar-refractivity contribution is 5.99. The second-order valence-corrected chi connectivity index (χ2v) is 5.99. The van der Waals surface area contributed by atoms with Crippen molar-refractivity contribution >= 4 is 17.5 Å². The number of nitrogens with zero attached hydrogens (tertiary/aromatic N) is 1. The minimum Gasteiger partial charge on any atom is -0.490 e. The molecule has 2 aromatic rings. The molecule has 1 N–H and O–H groups in total. The zero-order chi connectivity index (χ0) is 21.4. The van der Waals surface area contributed by atoms with Gasteiger partial charge in [0.25, 0.3) is 5.91 Å². The lowest BCUT2D eigenvalue weighted by molar-refractivity contribution is -0.116. The Balaban J connectivity index is 2.15. The van der Waals surface area contributed by atoms with Crippen LogP contribution in [0.4, 0.5) is 14.5 Å². The number of carbonyl (C=O) groups excluding carboxylic acids is 2. The van der Waals surface area contributed by atoms with Crippen LogP contribution in [0.2, 0.25) is 0 Å². The van der Waals surface area contributed by atoms with E-state index in [1.165, 1.54) is 11.0 Å². The molecular formula is C21H24F2N2O4. The van der Waals surface area contributed by atoms with Gasteiger partial charge in [-0.15, -0.1) is 0 Å². The Morgan fingerprint density at radius 2 is 1.59 bits per heavy atom. The van der Waals surface area contributed by atoms with Crippen LogP contribution in [0.15, 0.2) is 36.4 Å². The molecule has 156 valence electrons. The minimum atomic E-state index is -0.888. The van der Waals surface area contributed by atoms with Gasteiger partial charge in [0.1, 0.15) is 23.9 Å². The summed E-state index contributed by atoms with van der Waals surface area (Å²) < 4.78 is 38.4. The predicted molar refractivity (Wildman–Crippen MR) is 105 cm³/mol. The number of hydrogen-bond donors (Lipinski definition) is 1. The predicted octanol–water partition coefficient (Wildman–Crippen LogP) is 3.86. The molecule has 0 saturated heterocycles. The largest absolute Gasteiger partial charge is 0.490 e. The number of likely N-dealkylation sites (N-methyl/N-ethyl adjacent to an activating group) is 1. The lowest BCUT2D eigenvalue weighted by Gasteiger charge is -2.21. The Hall–Kier alpha value is -3.16. The van der Waals surface area contributed by atoms with Crippen LogP contribution in [0.3, 0.4) is 0 Å². The van der Waals surface area contributed by atoms with Crippen molar-refractivity contribution in [3.63, 3.8) is 0 Å². The fourth-order valence-corrected chi connectivity index (χ4v) is 2.66. The van der Waals surface area contributed by atoms with Crippen molar-refractivity contribution in [3.8, 4) is 11.5 Å². The van der Waals surface area contributed by atoms with E-state index in [0.29, 0.717) is 30.3 Å². The first-order chi connectivity index (χ1) is 13.9. The first-order valence-electron chi connectivity index (χ1n) is 9.33. The monoisotopic (exact) mass is 406 g/mol. The highest BCUT2D eigenvalue weighted by Crippen LogP contribution is 2.29. The van der Waals surface area contributed by atoms with Crippen LogP contribution in [0.25, 0.3) is 0 Å². The molecule has 2 rings (SSSR count). The topological polar surface area (TPSA) is 67.9 Å².